The topological polar surface area (TPSA) is 84.8 Å². The molecule has 6 rings (SSSR count). The minimum atomic E-state index is -1.38. The Morgan fingerprint density at radius 2 is 1.62 bits per heavy atom. The highest BCUT2D eigenvalue weighted by Gasteiger charge is 2.68. The Morgan fingerprint density at radius 3 is 2.38 bits per heavy atom. The standard InChI is InChI=1S/C21H20O8/c1-23-21(13-3-5-16-18(7-13)28-11-26-16)20(22)9-24-19(14(20)8-29-21)12-2-4-15-17(6-12)27-10-25-15/h2-7,14,19,22H,8-11H2,1H3/t14-,19-,20-,21+/m0/s1. The van der Waals surface area contributed by atoms with Crippen LogP contribution in [0.5, 0.6) is 23.0 Å². The normalized spacial score (nSPS) is 33.9. The fourth-order valence-electron chi connectivity index (χ4n) is 4.79. The van der Waals surface area contributed by atoms with E-state index in [1.54, 1.807) is 12.1 Å². The van der Waals surface area contributed by atoms with E-state index in [4.69, 9.17) is 33.2 Å². The summed E-state index contributed by atoms with van der Waals surface area (Å²) >= 11 is 0. The van der Waals surface area contributed by atoms with Crippen LogP contribution >= 0.6 is 0 Å². The molecule has 152 valence electrons. The molecule has 0 amide bonds. The maximum Gasteiger partial charge on any atom is 0.231 e. The van der Waals surface area contributed by atoms with Gasteiger partial charge in [-0.25, -0.2) is 0 Å². The summed E-state index contributed by atoms with van der Waals surface area (Å²) in [6.07, 6.45) is -0.361. The molecular weight excluding hydrogens is 380 g/mol. The van der Waals surface area contributed by atoms with Crippen LogP contribution < -0.4 is 18.9 Å². The minimum absolute atomic E-state index is 0.0685. The summed E-state index contributed by atoms with van der Waals surface area (Å²) < 4.78 is 39.8. The van der Waals surface area contributed by atoms with Crippen LogP contribution in [0.4, 0.5) is 0 Å². The maximum absolute atomic E-state index is 11.8. The van der Waals surface area contributed by atoms with Crippen molar-refractivity contribution in [3.8, 4) is 23.0 Å². The van der Waals surface area contributed by atoms with E-state index in [2.05, 4.69) is 0 Å². The summed E-state index contributed by atoms with van der Waals surface area (Å²) in [5, 5.41) is 11.8. The van der Waals surface area contributed by atoms with Crippen LogP contribution in [0.1, 0.15) is 17.2 Å². The van der Waals surface area contributed by atoms with Crippen molar-refractivity contribution in [2.75, 3.05) is 33.9 Å². The van der Waals surface area contributed by atoms with Crippen molar-refractivity contribution in [1.29, 1.82) is 0 Å². The molecule has 0 radical (unpaired) electrons. The number of aliphatic hydroxyl groups is 1. The zero-order valence-corrected chi connectivity index (χ0v) is 15.8. The summed E-state index contributed by atoms with van der Waals surface area (Å²) in [5.41, 5.74) is 0.178. The first kappa shape index (κ1) is 17.3. The molecule has 0 aromatic heterocycles. The van der Waals surface area contributed by atoms with Crippen molar-refractivity contribution in [2.24, 2.45) is 5.92 Å². The molecule has 4 aliphatic rings. The van der Waals surface area contributed by atoms with Gasteiger partial charge in [-0.15, -0.1) is 0 Å². The van der Waals surface area contributed by atoms with Gasteiger partial charge in [0.15, 0.2) is 28.6 Å². The molecule has 0 bridgehead atoms. The molecule has 0 spiro atoms. The second kappa shape index (κ2) is 5.99. The van der Waals surface area contributed by atoms with Crippen LogP contribution in [0, 0.1) is 5.92 Å². The number of fused-ring (bicyclic) bond motifs is 3. The van der Waals surface area contributed by atoms with Gasteiger partial charge in [0.25, 0.3) is 0 Å². The monoisotopic (exact) mass is 400 g/mol. The smallest absolute Gasteiger partial charge is 0.231 e. The molecule has 8 nitrogen and oxygen atoms in total. The van der Waals surface area contributed by atoms with Gasteiger partial charge in [0.1, 0.15) is 0 Å². The molecule has 29 heavy (non-hydrogen) atoms. The van der Waals surface area contributed by atoms with Crippen LogP contribution in [-0.2, 0) is 20.0 Å². The first-order valence-corrected chi connectivity index (χ1v) is 9.47. The van der Waals surface area contributed by atoms with Gasteiger partial charge in [-0.3, -0.25) is 0 Å². The lowest BCUT2D eigenvalue weighted by atomic mass is 9.78. The number of hydrogen-bond acceptors (Lipinski definition) is 8. The van der Waals surface area contributed by atoms with Crippen LogP contribution in [0.2, 0.25) is 0 Å². The van der Waals surface area contributed by atoms with E-state index >= 15 is 0 Å². The number of methoxy groups -OCH3 is 1. The van der Waals surface area contributed by atoms with E-state index in [1.165, 1.54) is 7.11 Å². The van der Waals surface area contributed by atoms with E-state index in [0.717, 1.165) is 5.56 Å². The van der Waals surface area contributed by atoms with Gasteiger partial charge in [0.05, 0.1) is 19.3 Å². The third-order valence-corrected chi connectivity index (χ3v) is 6.26. The predicted molar refractivity (Wildman–Crippen MR) is 96.9 cm³/mol. The average molecular weight is 400 g/mol. The third kappa shape index (κ3) is 2.22. The highest BCUT2D eigenvalue weighted by molar-refractivity contribution is 5.48. The van der Waals surface area contributed by atoms with Crippen LogP contribution in [-0.4, -0.2) is 44.6 Å². The largest absolute Gasteiger partial charge is 0.454 e. The van der Waals surface area contributed by atoms with Crippen molar-refractivity contribution in [3.05, 3.63) is 47.5 Å². The Kier molecular flexibility index (Phi) is 3.58. The number of hydrogen-bond donors (Lipinski definition) is 1. The Balaban J connectivity index is 1.37. The van der Waals surface area contributed by atoms with Gasteiger partial charge in [-0.2, -0.15) is 0 Å². The van der Waals surface area contributed by atoms with Gasteiger partial charge in [0, 0.05) is 18.6 Å². The highest BCUT2D eigenvalue weighted by Crippen LogP contribution is 2.57. The molecule has 8 heteroatoms. The summed E-state index contributed by atoms with van der Waals surface area (Å²) in [5.74, 6) is 0.936. The third-order valence-electron chi connectivity index (χ3n) is 6.26. The van der Waals surface area contributed by atoms with Crippen molar-refractivity contribution in [3.63, 3.8) is 0 Å². The quantitative estimate of drug-likeness (QED) is 0.839. The summed E-state index contributed by atoms with van der Waals surface area (Å²) in [6, 6.07) is 11.1. The molecule has 0 saturated carbocycles. The van der Waals surface area contributed by atoms with Crippen molar-refractivity contribution in [1.82, 2.24) is 0 Å². The second-order valence-electron chi connectivity index (χ2n) is 7.57. The minimum Gasteiger partial charge on any atom is -0.454 e. The Labute approximate surface area is 166 Å². The molecule has 2 fully saturated rings. The molecule has 4 heterocycles. The van der Waals surface area contributed by atoms with Crippen LogP contribution in [0.25, 0.3) is 0 Å². The zero-order chi connectivity index (χ0) is 19.6. The molecule has 4 aliphatic heterocycles. The van der Waals surface area contributed by atoms with E-state index in [0.29, 0.717) is 28.6 Å². The number of benzene rings is 2. The highest BCUT2D eigenvalue weighted by atomic mass is 16.7. The Hall–Kier alpha value is -2.52. The lowest BCUT2D eigenvalue weighted by molar-refractivity contribution is -0.283. The zero-order valence-electron chi connectivity index (χ0n) is 15.8. The first-order chi connectivity index (χ1) is 14.1. The maximum atomic E-state index is 11.8. The van der Waals surface area contributed by atoms with E-state index < -0.39 is 11.4 Å². The summed E-state index contributed by atoms with van der Waals surface area (Å²) in [7, 11) is 1.53. The van der Waals surface area contributed by atoms with Gasteiger partial charge in [-0.1, -0.05) is 6.07 Å². The molecule has 2 saturated heterocycles. The second-order valence-corrected chi connectivity index (χ2v) is 7.57. The molecule has 2 aromatic carbocycles. The van der Waals surface area contributed by atoms with Crippen molar-refractivity contribution >= 4 is 0 Å². The van der Waals surface area contributed by atoms with Crippen LogP contribution in [0.15, 0.2) is 36.4 Å². The fraction of sp³-hybridized carbons (Fsp3) is 0.429. The lowest BCUT2D eigenvalue weighted by Gasteiger charge is -2.38. The Morgan fingerprint density at radius 1 is 0.931 bits per heavy atom. The summed E-state index contributed by atoms with van der Waals surface area (Å²) in [4.78, 5) is 0. The molecule has 4 atom stereocenters. The predicted octanol–water partition coefficient (Wildman–Crippen LogP) is 2.09. The van der Waals surface area contributed by atoms with Crippen molar-refractivity contribution < 1.29 is 38.3 Å². The average Bonchev–Trinajstić information content (AvgIpc) is 3.49. The van der Waals surface area contributed by atoms with E-state index in [9.17, 15) is 5.11 Å². The fourth-order valence-corrected chi connectivity index (χ4v) is 4.79. The number of rotatable bonds is 3. The molecular formula is C21H20O8. The van der Waals surface area contributed by atoms with Crippen molar-refractivity contribution in [2.45, 2.75) is 17.5 Å². The molecule has 0 aliphatic carbocycles. The van der Waals surface area contributed by atoms with E-state index in [1.807, 2.05) is 24.3 Å². The van der Waals surface area contributed by atoms with Gasteiger partial charge >= 0.3 is 0 Å². The number of ether oxygens (including phenoxy) is 7. The first-order valence-electron chi connectivity index (χ1n) is 9.47. The molecule has 0 unspecified atom stereocenters. The summed E-state index contributed by atoms with van der Waals surface area (Å²) in [6.45, 7) is 0.719. The molecule has 2 aromatic rings. The molecule has 1 N–H and O–H groups in total. The van der Waals surface area contributed by atoms with E-state index in [-0.39, 0.29) is 38.8 Å². The van der Waals surface area contributed by atoms with Crippen LogP contribution in [0.3, 0.4) is 0 Å². The SMILES string of the molecule is CO[C@]1(c2ccc3c(c2)OCO3)OC[C@H]2[C@H](c3ccc4c(c3)OCO4)OC[C@]21O. The van der Waals surface area contributed by atoms with Gasteiger partial charge in [0.2, 0.25) is 19.4 Å². The van der Waals surface area contributed by atoms with Gasteiger partial charge in [-0.05, 0) is 35.9 Å². The lowest BCUT2D eigenvalue weighted by Crippen LogP contribution is -2.53. The van der Waals surface area contributed by atoms with Gasteiger partial charge < -0.3 is 38.3 Å². The Bertz CT molecular complexity index is 977.